The second-order valence-electron chi connectivity index (χ2n) is 6.97. The lowest BCUT2D eigenvalue weighted by molar-refractivity contribution is -0.137. The van der Waals surface area contributed by atoms with Crippen molar-refractivity contribution in [3.63, 3.8) is 0 Å². The summed E-state index contributed by atoms with van der Waals surface area (Å²) < 4.78 is 38.0. The molecule has 0 aliphatic carbocycles. The molecule has 0 radical (unpaired) electrons. The molecule has 0 atom stereocenters. The van der Waals surface area contributed by atoms with Crippen LogP contribution in [-0.2, 0) is 17.5 Å². The zero-order valence-electron chi connectivity index (χ0n) is 16.0. The van der Waals surface area contributed by atoms with E-state index in [1.165, 1.54) is 12.1 Å². The van der Waals surface area contributed by atoms with Crippen molar-refractivity contribution >= 4 is 23.2 Å². The van der Waals surface area contributed by atoms with E-state index >= 15 is 0 Å². The molecule has 5 nitrogen and oxygen atoms in total. The number of alkyl halides is 3. The smallest absolute Gasteiger partial charge is 0.340 e. The van der Waals surface area contributed by atoms with Gasteiger partial charge in [0.15, 0.2) is 0 Å². The summed E-state index contributed by atoms with van der Waals surface area (Å²) in [4.78, 5) is 31.3. The van der Waals surface area contributed by atoms with Crippen molar-refractivity contribution in [2.24, 2.45) is 0 Å². The molecule has 1 aliphatic heterocycles. The van der Waals surface area contributed by atoms with Gasteiger partial charge in [0.25, 0.3) is 5.91 Å². The number of rotatable bonds is 5. The Morgan fingerprint density at radius 1 is 1.07 bits per heavy atom. The minimum atomic E-state index is -4.42. The van der Waals surface area contributed by atoms with E-state index in [1.54, 1.807) is 28.2 Å². The first-order valence-corrected chi connectivity index (χ1v) is 10.1. The molecule has 9 heteroatoms. The Balaban J connectivity index is 1.48. The van der Waals surface area contributed by atoms with Gasteiger partial charge in [-0.3, -0.25) is 14.5 Å². The number of hydrogen-bond acceptors (Lipinski definition) is 4. The molecular formula is C20H22F3N3O2S. The molecule has 0 spiro atoms. The van der Waals surface area contributed by atoms with E-state index < -0.39 is 11.7 Å². The second kappa shape index (κ2) is 8.96. The molecule has 1 fully saturated rings. The monoisotopic (exact) mass is 425 g/mol. The zero-order valence-corrected chi connectivity index (χ0v) is 16.8. The normalized spacial score (nSPS) is 15.4. The number of halogens is 3. The number of amides is 2. The molecule has 0 saturated carbocycles. The van der Waals surface area contributed by atoms with Crippen molar-refractivity contribution < 1.29 is 22.8 Å². The fourth-order valence-electron chi connectivity index (χ4n) is 3.13. The fourth-order valence-corrected chi connectivity index (χ4v) is 3.89. The van der Waals surface area contributed by atoms with Crippen LogP contribution in [0.2, 0.25) is 0 Å². The van der Waals surface area contributed by atoms with Crippen molar-refractivity contribution in [1.29, 1.82) is 0 Å². The van der Waals surface area contributed by atoms with Crippen LogP contribution < -0.4 is 0 Å². The predicted octanol–water partition coefficient (Wildman–Crippen LogP) is 3.18. The van der Waals surface area contributed by atoms with Crippen LogP contribution in [0.3, 0.4) is 0 Å². The summed E-state index contributed by atoms with van der Waals surface area (Å²) in [5.74, 6) is -0.277. The summed E-state index contributed by atoms with van der Waals surface area (Å²) in [5, 5.41) is 1.97. The SMILES string of the molecule is CN(Cc1cccs1)C(=O)CN1CCN(C(=O)c2ccc(C(F)(F)F)cc2)CC1. The summed E-state index contributed by atoms with van der Waals surface area (Å²) in [6, 6.07) is 8.20. The highest BCUT2D eigenvalue weighted by Crippen LogP contribution is 2.29. The lowest BCUT2D eigenvalue weighted by Gasteiger charge is -2.35. The molecule has 156 valence electrons. The summed E-state index contributed by atoms with van der Waals surface area (Å²) in [5.41, 5.74) is -0.540. The van der Waals surface area contributed by atoms with Gasteiger partial charge in [0.2, 0.25) is 5.91 Å². The number of carbonyl (C=O) groups is 2. The first kappa shape index (κ1) is 21.3. The van der Waals surface area contributed by atoms with Crippen LogP contribution in [-0.4, -0.2) is 66.3 Å². The lowest BCUT2D eigenvalue weighted by atomic mass is 10.1. The fraction of sp³-hybridized carbons (Fsp3) is 0.400. The maximum absolute atomic E-state index is 12.7. The Kier molecular flexibility index (Phi) is 6.59. The van der Waals surface area contributed by atoms with Gasteiger partial charge < -0.3 is 9.80 Å². The van der Waals surface area contributed by atoms with Crippen LogP contribution in [0.15, 0.2) is 41.8 Å². The molecule has 1 aromatic carbocycles. The number of piperazine rings is 1. The van der Waals surface area contributed by atoms with Crippen LogP contribution >= 0.6 is 11.3 Å². The first-order chi connectivity index (χ1) is 13.7. The standard InChI is InChI=1S/C20H22F3N3O2S/c1-24(13-17-3-2-12-29-17)18(27)14-25-8-10-26(11-9-25)19(28)15-4-6-16(7-5-15)20(21,22)23/h2-7,12H,8-11,13-14H2,1H3. The Labute approximate surface area is 171 Å². The van der Waals surface area contributed by atoms with Crippen molar-refractivity contribution in [1.82, 2.24) is 14.7 Å². The quantitative estimate of drug-likeness (QED) is 0.739. The van der Waals surface area contributed by atoms with Crippen molar-refractivity contribution in [3.05, 3.63) is 57.8 Å². The molecule has 0 N–H and O–H groups in total. The van der Waals surface area contributed by atoms with Gasteiger partial charge in [-0.2, -0.15) is 13.2 Å². The third kappa shape index (κ3) is 5.57. The average Bonchev–Trinajstić information content (AvgIpc) is 3.20. The summed E-state index contributed by atoms with van der Waals surface area (Å²) in [7, 11) is 1.77. The van der Waals surface area contributed by atoms with Crippen LogP contribution in [0.5, 0.6) is 0 Å². The molecule has 1 aromatic heterocycles. The van der Waals surface area contributed by atoms with Crippen LogP contribution in [0.25, 0.3) is 0 Å². The van der Waals surface area contributed by atoms with Gasteiger partial charge in [0.05, 0.1) is 18.7 Å². The largest absolute Gasteiger partial charge is 0.416 e. The van der Waals surface area contributed by atoms with Gasteiger partial charge in [-0.1, -0.05) is 6.07 Å². The number of nitrogens with zero attached hydrogens (tertiary/aromatic N) is 3. The Morgan fingerprint density at radius 2 is 1.72 bits per heavy atom. The molecule has 1 saturated heterocycles. The number of carbonyl (C=O) groups excluding carboxylic acids is 2. The van der Waals surface area contributed by atoms with Gasteiger partial charge in [0, 0.05) is 43.7 Å². The van der Waals surface area contributed by atoms with Crippen LogP contribution in [0.1, 0.15) is 20.8 Å². The highest BCUT2D eigenvalue weighted by molar-refractivity contribution is 7.09. The van der Waals surface area contributed by atoms with Crippen molar-refractivity contribution in [3.8, 4) is 0 Å². The minimum absolute atomic E-state index is 0.0147. The predicted molar refractivity (Wildman–Crippen MR) is 105 cm³/mol. The molecule has 29 heavy (non-hydrogen) atoms. The Hall–Kier alpha value is -2.39. The maximum atomic E-state index is 12.7. The lowest BCUT2D eigenvalue weighted by Crippen LogP contribution is -2.51. The molecule has 0 unspecified atom stereocenters. The van der Waals surface area contributed by atoms with E-state index in [4.69, 9.17) is 0 Å². The Morgan fingerprint density at radius 3 is 2.28 bits per heavy atom. The van der Waals surface area contributed by atoms with Crippen LogP contribution in [0.4, 0.5) is 13.2 Å². The highest BCUT2D eigenvalue weighted by atomic mass is 32.1. The number of thiophene rings is 1. The summed E-state index contributed by atoms with van der Waals surface area (Å²) in [6.45, 7) is 2.81. The second-order valence-corrected chi connectivity index (χ2v) is 8.00. The third-order valence-corrected chi connectivity index (χ3v) is 5.74. The van der Waals surface area contributed by atoms with Gasteiger partial charge in [-0.05, 0) is 35.7 Å². The van der Waals surface area contributed by atoms with E-state index in [9.17, 15) is 22.8 Å². The molecule has 2 aromatic rings. The van der Waals surface area contributed by atoms with Gasteiger partial charge in [-0.15, -0.1) is 11.3 Å². The molecule has 3 rings (SSSR count). The summed E-state index contributed by atoms with van der Waals surface area (Å²) in [6.07, 6.45) is -4.42. The first-order valence-electron chi connectivity index (χ1n) is 9.19. The number of benzene rings is 1. The minimum Gasteiger partial charge on any atom is -0.340 e. The number of hydrogen-bond donors (Lipinski definition) is 0. The van der Waals surface area contributed by atoms with E-state index in [2.05, 4.69) is 0 Å². The van der Waals surface area contributed by atoms with E-state index in [1.807, 2.05) is 22.4 Å². The topological polar surface area (TPSA) is 43.9 Å². The third-order valence-electron chi connectivity index (χ3n) is 4.88. The van der Waals surface area contributed by atoms with Crippen molar-refractivity contribution in [2.75, 3.05) is 39.8 Å². The van der Waals surface area contributed by atoms with Gasteiger partial charge in [-0.25, -0.2) is 0 Å². The highest BCUT2D eigenvalue weighted by Gasteiger charge is 2.31. The van der Waals surface area contributed by atoms with Gasteiger partial charge >= 0.3 is 6.18 Å². The molecule has 2 heterocycles. The zero-order chi connectivity index (χ0) is 21.0. The molecule has 0 bridgehead atoms. The van der Waals surface area contributed by atoms with Crippen molar-refractivity contribution in [2.45, 2.75) is 12.7 Å². The maximum Gasteiger partial charge on any atom is 0.416 e. The van der Waals surface area contributed by atoms with E-state index in [0.717, 1.165) is 17.0 Å². The Bertz CT molecular complexity index is 830. The van der Waals surface area contributed by atoms with E-state index in [-0.39, 0.29) is 23.9 Å². The average molecular weight is 425 g/mol. The number of likely N-dealkylation sites (N-methyl/N-ethyl adjacent to an activating group) is 1. The van der Waals surface area contributed by atoms with Gasteiger partial charge in [0.1, 0.15) is 0 Å². The van der Waals surface area contributed by atoms with Crippen LogP contribution in [0, 0.1) is 0 Å². The van der Waals surface area contributed by atoms with E-state index in [0.29, 0.717) is 32.7 Å². The molecule has 2 amide bonds. The molecule has 1 aliphatic rings. The molecular weight excluding hydrogens is 403 g/mol. The summed E-state index contributed by atoms with van der Waals surface area (Å²) >= 11 is 1.60.